The molecule has 0 spiro atoms. The molecule has 2 aromatic rings. The highest BCUT2D eigenvalue weighted by Gasteiger charge is 2.18. The molecular formula is C14H12BrFN2O4S. The third kappa shape index (κ3) is 4.06. The van der Waals surface area contributed by atoms with Crippen LogP contribution < -0.4 is 15.2 Å². The molecule has 1 amide bonds. The molecule has 6 nitrogen and oxygen atoms in total. The Labute approximate surface area is 140 Å². The van der Waals surface area contributed by atoms with E-state index in [9.17, 15) is 17.6 Å². The van der Waals surface area contributed by atoms with Crippen LogP contribution in [0.25, 0.3) is 0 Å². The molecule has 23 heavy (non-hydrogen) atoms. The molecule has 9 heteroatoms. The first-order valence-corrected chi connectivity index (χ1v) is 8.53. The van der Waals surface area contributed by atoms with Crippen LogP contribution in [-0.4, -0.2) is 21.4 Å². The lowest BCUT2D eigenvalue weighted by Gasteiger charge is -2.11. The van der Waals surface area contributed by atoms with E-state index in [1.54, 1.807) is 6.07 Å². The van der Waals surface area contributed by atoms with Crippen molar-refractivity contribution >= 4 is 37.5 Å². The van der Waals surface area contributed by atoms with Gasteiger partial charge in [0.1, 0.15) is 11.6 Å². The third-order valence-electron chi connectivity index (χ3n) is 2.92. The molecule has 2 rings (SSSR count). The van der Waals surface area contributed by atoms with Crippen molar-refractivity contribution in [3.8, 4) is 5.75 Å². The number of rotatable bonds is 4. The maximum atomic E-state index is 13.8. The van der Waals surface area contributed by atoms with E-state index < -0.39 is 21.7 Å². The summed E-state index contributed by atoms with van der Waals surface area (Å²) in [5.41, 5.74) is -0.136. The highest BCUT2D eigenvalue weighted by atomic mass is 79.9. The van der Waals surface area contributed by atoms with Crippen LogP contribution in [0.3, 0.4) is 0 Å². The SMILES string of the molecule is COc1ccc(S(N)(=O)=O)cc1C(=O)Nc1ccc(Br)cc1F. The molecule has 122 valence electrons. The largest absolute Gasteiger partial charge is 0.496 e. The zero-order valence-electron chi connectivity index (χ0n) is 11.8. The van der Waals surface area contributed by atoms with Gasteiger partial charge >= 0.3 is 0 Å². The summed E-state index contributed by atoms with van der Waals surface area (Å²) in [6.07, 6.45) is 0. The molecule has 0 saturated carbocycles. The average molecular weight is 403 g/mol. The molecular weight excluding hydrogens is 391 g/mol. The van der Waals surface area contributed by atoms with E-state index in [1.807, 2.05) is 0 Å². The number of primary sulfonamides is 1. The van der Waals surface area contributed by atoms with Crippen molar-refractivity contribution in [3.05, 3.63) is 52.3 Å². The van der Waals surface area contributed by atoms with Gasteiger partial charge in [-0.1, -0.05) is 15.9 Å². The first-order chi connectivity index (χ1) is 10.7. The van der Waals surface area contributed by atoms with Crippen LogP contribution in [0.15, 0.2) is 45.8 Å². The zero-order valence-corrected chi connectivity index (χ0v) is 14.2. The summed E-state index contributed by atoms with van der Waals surface area (Å²) in [5.74, 6) is -1.24. The van der Waals surface area contributed by atoms with Gasteiger partial charge in [0, 0.05) is 4.47 Å². The molecule has 0 fully saturated rings. The van der Waals surface area contributed by atoms with Gasteiger partial charge in [-0.15, -0.1) is 0 Å². The van der Waals surface area contributed by atoms with Gasteiger partial charge in [0.2, 0.25) is 10.0 Å². The number of anilines is 1. The second-order valence-electron chi connectivity index (χ2n) is 4.49. The number of ether oxygens (including phenoxy) is 1. The molecule has 3 N–H and O–H groups in total. The monoisotopic (exact) mass is 402 g/mol. The lowest BCUT2D eigenvalue weighted by atomic mass is 10.2. The summed E-state index contributed by atoms with van der Waals surface area (Å²) in [5, 5.41) is 7.40. The second-order valence-corrected chi connectivity index (χ2v) is 6.96. The predicted molar refractivity (Wildman–Crippen MR) is 86.4 cm³/mol. The number of halogens is 2. The van der Waals surface area contributed by atoms with Crippen LogP contribution >= 0.6 is 15.9 Å². The van der Waals surface area contributed by atoms with Crippen molar-refractivity contribution < 1.29 is 22.3 Å². The smallest absolute Gasteiger partial charge is 0.259 e. The van der Waals surface area contributed by atoms with Gasteiger partial charge in [0.05, 0.1) is 23.3 Å². The number of benzene rings is 2. The van der Waals surface area contributed by atoms with Crippen LogP contribution in [0, 0.1) is 5.82 Å². The van der Waals surface area contributed by atoms with Crippen molar-refractivity contribution in [2.24, 2.45) is 5.14 Å². The van der Waals surface area contributed by atoms with Crippen molar-refractivity contribution in [1.29, 1.82) is 0 Å². The summed E-state index contributed by atoms with van der Waals surface area (Å²) >= 11 is 3.11. The molecule has 0 aliphatic rings. The second kappa shape index (κ2) is 6.65. The number of hydrogen-bond donors (Lipinski definition) is 2. The Kier molecular flexibility index (Phi) is 5.03. The van der Waals surface area contributed by atoms with Crippen LogP contribution in [0.1, 0.15) is 10.4 Å². The molecule has 0 aromatic heterocycles. The van der Waals surface area contributed by atoms with E-state index in [0.717, 1.165) is 6.07 Å². The molecule has 0 unspecified atom stereocenters. The third-order valence-corrected chi connectivity index (χ3v) is 4.33. The van der Waals surface area contributed by atoms with Crippen LogP contribution in [-0.2, 0) is 10.0 Å². The topological polar surface area (TPSA) is 98.5 Å². The standard InChI is InChI=1S/C14H12BrFN2O4S/c1-22-13-5-3-9(23(17,20)21)7-10(13)14(19)18-12-4-2-8(15)6-11(12)16/h2-7H,1H3,(H,18,19)(H2,17,20,21). The van der Waals surface area contributed by atoms with E-state index in [1.165, 1.54) is 31.4 Å². The Morgan fingerprint density at radius 2 is 1.96 bits per heavy atom. The van der Waals surface area contributed by atoms with Gasteiger partial charge in [0.15, 0.2) is 0 Å². The Hall–Kier alpha value is -1.97. The molecule has 2 aromatic carbocycles. The summed E-state index contributed by atoms with van der Waals surface area (Å²) in [6.45, 7) is 0. The van der Waals surface area contributed by atoms with Crippen molar-refractivity contribution in [1.82, 2.24) is 0 Å². The van der Waals surface area contributed by atoms with Gasteiger partial charge < -0.3 is 10.1 Å². The average Bonchev–Trinajstić information content (AvgIpc) is 2.48. The van der Waals surface area contributed by atoms with Crippen molar-refractivity contribution in [2.45, 2.75) is 4.90 Å². The lowest BCUT2D eigenvalue weighted by molar-refractivity contribution is 0.102. The first-order valence-electron chi connectivity index (χ1n) is 6.19. The van der Waals surface area contributed by atoms with Crippen LogP contribution in [0.5, 0.6) is 5.75 Å². The molecule has 0 bridgehead atoms. The Morgan fingerprint density at radius 3 is 2.52 bits per heavy atom. The number of sulfonamides is 1. The molecule has 0 aliphatic carbocycles. The van der Waals surface area contributed by atoms with E-state index in [-0.39, 0.29) is 21.9 Å². The molecule has 0 aliphatic heterocycles. The van der Waals surface area contributed by atoms with E-state index in [2.05, 4.69) is 21.2 Å². The van der Waals surface area contributed by atoms with Gasteiger partial charge in [-0.3, -0.25) is 4.79 Å². The number of amides is 1. The molecule has 0 heterocycles. The van der Waals surface area contributed by atoms with Gasteiger partial charge in [0.25, 0.3) is 5.91 Å². The van der Waals surface area contributed by atoms with Gasteiger partial charge in [-0.05, 0) is 36.4 Å². The lowest BCUT2D eigenvalue weighted by Crippen LogP contribution is -2.17. The maximum absolute atomic E-state index is 13.8. The Morgan fingerprint density at radius 1 is 1.26 bits per heavy atom. The predicted octanol–water partition coefficient (Wildman–Crippen LogP) is 2.50. The van der Waals surface area contributed by atoms with Gasteiger partial charge in [-0.25, -0.2) is 17.9 Å². The van der Waals surface area contributed by atoms with E-state index in [4.69, 9.17) is 9.88 Å². The first kappa shape index (κ1) is 17.4. The highest BCUT2D eigenvalue weighted by Crippen LogP contribution is 2.25. The minimum atomic E-state index is -3.99. The van der Waals surface area contributed by atoms with E-state index in [0.29, 0.717) is 4.47 Å². The summed E-state index contributed by atoms with van der Waals surface area (Å²) in [7, 11) is -2.66. The van der Waals surface area contributed by atoms with Crippen molar-refractivity contribution in [2.75, 3.05) is 12.4 Å². The van der Waals surface area contributed by atoms with Crippen LogP contribution in [0.2, 0.25) is 0 Å². The summed E-state index contributed by atoms with van der Waals surface area (Å²) in [6, 6.07) is 7.69. The fourth-order valence-electron chi connectivity index (χ4n) is 1.82. The minimum Gasteiger partial charge on any atom is -0.496 e. The van der Waals surface area contributed by atoms with E-state index >= 15 is 0 Å². The number of nitrogens with one attached hydrogen (secondary N) is 1. The molecule has 0 saturated heterocycles. The highest BCUT2D eigenvalue weighted by molar-refractivity contribution is 9.10. The molecule has 0 radical (unpaired) electrons. The number of nitrogens with two attached hydrogens (primary N) is 1. The quantitative estimate of drug-likeness (QED) is 0.820. The van der Waals surface area contributed by atoms with Crippen LogP contribution in [0.4, 0.5) is 10.1 Å². The minimum absolute atomic E-state index is 0.0544. The number of carbonyl (C=O) groups excluding carboxylic acids is 1. The normalized spacial score (nSPS) is 11.1. The Bertz CT molecular complexity index is 871. The fraction of sp³-hybridized carbons (Fsp3) is 0.0714. The number of carbonyl (C=O) groups is 1. The zero-order chi connectivity index (χ0) is 17.2. The van der Waals surface area contributed by atoms with Gasteiger partial charge in [-0.2, -0.15) is 0 Å². The van der Waals surface area contributed by atoms with Crippen molar-refractivity contribution in [3.63, 3.8) is 0 Å². The number of methoxy groups -OCH3 is 1. The summed E-state index contributed by atoms with van der Waals surface area (Å²) < 4.78 is 42.1. The Balaban J connectivity index is 2.41. The maximum Gasteiger partial charge on any atom is 0.259 e. The number of hydrogen-bond acceptors (Lipinski definition) is 4. The fourth-order valence-corrected chi connectivity index (χ4v) is 2.69. The molecule has 0 atom stereocenters. The summed E-state index contributed by atoms with van der Waals surface area (Å²) in [4.78, 5) is 12.1.